The third-order valence-electron chi connectivity index (χ3n) is 5.25. The fourth-order valence-electron chi connectivity index (χ4n) is 3.68. The van der Waals surface area contributed by atoms with Gasteiger partial charge in [-0.2, -0.15) is 4.72 Å². The van der Waals surface area contributed by atoms with E-state index in [-0.39, 0.29) is 17.1 Å². The van der Waals surface area contributed by atoms with Gasteiger partial charge < -0.3 is 9.15 Å². The molecule has 0 unspecified atom stereocenters. The minimum atomic E-state index is -3.92. The van der Waals surface area contributed by atoms with E-state index in [4.69, 9.17) is 9.15 Å². The van der Waals surface area contributed by atoms with Crippen molar-refractivity contribution < 1.29 is 22.4 Å². The molecule has 0 aliphatic rings. The molecule has 0 fully saturated rings. The molecule has 0 amide bonds. The van der Waals surface area contributed by atoms with E-state index in [1.54, 1.807) is 31.2 Å². The van der Waals surface area contributed by atoms with Gasteiger partial charge in [0.15, 0.2) is 0 Å². The van der Waals surface area contributed by atoms with Crippen LogP contribution >= 0.6 is 0 Å². The fourth-order valence-corrected chi connectivity index (χ4v) is 4.90. The summed E-state index contributed by atoms with van der Waals surface area (Å²) < 4.78 is 39.3. The minimum Gasteiger partial charge on any atom is -0.425 e. The van der Waals surface area contributed by atoms with Crippen molar-refractivity contribution >= 4 is 27.0 Å². The number of hydrogen-bond acceptors (Lipinski definition) is 6. The van der Waals surface area contributed by atoms with Crippen LogP contribution in [0.5, 0.6) is 5.75 Å². The van der Waals surface area contributed by atoms with Gasteiger partial charge in [0.05, 0.1) is 10.3 Å². The first kappa shape index (κ1) is 24.7. The van der Waals surface area contributed by atoms with Gasteiger partial charge in [-0.1, -0.05) is 44.4 Å². The Kier molecular flexibility index (Phi) is 7.71. The summed E-state index contributed by atoms with van der Waals surface area (Å²) in [5.41, 5.74) is 2.26. The van der Waals surface area contributed by atoms with Gasteiger partial charge in [0.25, 0.3) is 0 Å². The second-order valence-electron chi connectivity index (χ2n) is 8.17. The van der Waals surface area contributed by atoms with Crippen LogP contribution < -0.4 is 15.1 Å². The zero-order valence-corrected chi connectivity index (χ0v) is 20.1. The van der Waals surface area contributed by atoms with Crippen molar-refractivity contribution in [3.63, 3.8) is 0 Å². The highest BCUT2D eigenvalue weighted by Crippen LogP contribution is 2.31. The number of aryl methyl sites for hydroxylation is 3. The van der Waals surface area contributed by atoms with Crippen LogP contribution in [-0.4, -0.2) is 20.4 Å². The van der Waals surface area contributed by atoms with E-state index in [1.165, 1.54) is 18.2 Å². The SMILES string of the molecule is CCCc1cc(=O)oc2cc(C)cc(OC(=O)[C@H](CCC)NS(=O)(=O)c3ccc(C)cc3)c12. The summed E-state index contributed by atoms with van der Waals surface area (Å²) in [4.78, 5) is 25.2. The molecule has 176 valence electrons. The Bertz CT molecular complexity index is 1310. The molecule has 1 heterocycles. The lowest BCUT2D eigenvalue weighted by molar-refractivity contribution is -0.136. The van der Waals surface area contributed by atoms with Gasteiger partial charge in [-0.25, -0.2) is 18.0 Å². The zero-order valence-electron chi connectivity index (χ0n) is 19.3. The van der Waals surface area contributed by atoms with Gasteiger partial charge in [0.2, 0.25) is 10.0 Å². The number of hydrogen-bond donors (Lipinski definition) is 1. The van der Waals surface area contributed by atoms with Crippen molar-refractivity contribution in [2.75, 3.05) is 0 Å². The molecule has 1 aromatic heterocycles. The van der Waals surface area contributed by atoms with E-state index >= 15 is 0 Å². The summed E-state index contributed by atoms with van der Waals surface area (Å²) in [5.74, 6) is -0.467. The van der Waals surface area contributed by atoms with Crippen molar-refractivity contribution in [2.45, 2.75) is 64.3 Å². The topological polar surface area (TPSA) is 103 Å². The smallest absolute Gasteiger partial charge is 0.336 e. The monoisotopic (exact) mass is 471 g/mol. The van der Waals surface area contributed by atoms with Crippen molar-refractivity contribution in [1.29, 1.82) is 0 Å². The predicted molar refractivity (Wildman–Crippen MR) is 127 cm³/mol. The molecule has 2 aromatic carbocycles. The van der Waals surface area contributed by atoms with Crippen LogP contribution in [0, 0.1) is 13.8 Å². The second-order valence-corrected chi connectivity index (χ2v) is 9.89. The Morgan fingerprint density at radius 3 is 2.36 bits per heavy atom. The molecule has 0 spiro atoms. The van der Waals surface area contributed by atoms with Gasteiger partial charge >= 0.3 is 11.6 Å². The molecule has 0 aliphatic heterocycles. The molecule has 1 N–H and O–H groups in total. The van der Waals surface area contributed by atoms with Gasteiger partial charge in [0, 0.05) is 6.07 Å². The molecule has 0 aliphatic carbocycles. The average Bonchev–Trinajstić information content (AvgIpc) is 2.73. The van der Waals surface area contributed by atoms with Crippen LogP contribution in [0.25, 0.3) is 11.0 Å². The van der Waals surface area contributed by atoms with Crippen molar-refractivity contribution in [2.24, 2.45) is 0 Å². The Morgan fingerprint density at radius 1 is 1.03 bits per heavy atom. The molecule has 1 atom stereocenters. The van der Waals surface area contributed by atoms with Gasteiger partial charge in [-0.15, -0.1) is 0 Å². The highest BCUT2D eigenvalue weighted by Gasteiger charge is 2.27. The van der Waals surface area contributed by atoms with E-state index < -0.39 is 27.7 Å². The molecule has 0 saturated carbocycles. The van der Waals surface area contributed by atoms with Crippen LogP contribution in [0.2, 0.25) is 0 Å². The number of nitrogens with one attached hydrogen (secondary N) is 1. The normalized spacial score (nSPS) is 12.6. The standard InChI is InChI=1S/C25H29NO6S/c1-5-7-18-15-23(27)31-21-13-17(4)14-22(24(18)21)32-25(28)20(8-6-2)26-33(29,30)19-11-9-16(3)10-12-19/h9-15,20,26H,5-8H2,1-4H3/t20-/m0/s1. The first-order chi connectivity index (χ1) is 15.6. The first-order valence-corrected chi connectivity index (χ1v) is 12.5. The molecule has 3 rings (SSSR count). The van der Waals surface area contributed by atoms with Crippen LogP contribution in [0.1, 0.15) is 49.8 Å². The summed E-state index contributed by atoms with van der Waals surface area (Å²) in [6, 6.07) is 10.1. The van der Waals surface area contributed by atoms with E-state index in [0.717, 1.165) is 23.1 Å². The number of sulfonamides is 1. The van der Waals surface area contributed by atoms with Crippen molar-refractivity contribution in [3.05, 3.63) is 69.6 Å². The number of ether oxygens (including phenoxy) is 1. The lowest BCUT2D eigenvalue weighted by Gasteiger charge is -2.18. The fraction of sp³-hybridized carbons (Fsp3) is 0.360. The molecule has 33 heavy (non-hydrogen) atoms. The quantitative estimate of drug-likeness (QED) is 0.282. The van der Waals surface area contributed by atoms with Crippen LogP contribution in [-0.2, 0) is 21.2 Å². The number of benzene rings is 2. The third kappa shape index (κ3) is 5.89. The Balaban J connectivity index is 1.96. The largest absolute Gasteiger partial charge is 0.425 e. The Morgan fingerprint density at radius 2 is 1.73 bits per heavy atom. The summed E-state index contributed by atoms with van der Waals surface area (Å²) in [6.45, 7) is 7.50. The number of carbonyl (C=O) groups excluding carboxylic acids is 1. The molecular formula is C25H29NO6S. The maximum absolute atomic E-state index is 13.1. The third-order valence-corrected chi connectivity index (χ3v) is 6.74. The lowest BCUT2D eigenvalue weighted by Crippen LogP contribution is -2.42. The maximum Gasteiger partial charge on any atom is 0.336 e. The Hall–Kier alpha value is -2.97. The molecule has 7 nitrogen and oxygen atoms in total. The van der Waals surface area contributed by atoms with Gasteiger partial charge in [0.1, 0.15) is 17.4 Å². The highest BCUT2D eigenvalue weighted by atomic mass is 32.2. The highest BCUT2D eigenvalue weighted by molar-refractivity contribution is 7.89. The van der Waals surface area contributed by atoms with Crippen molar-refractivity contribution in [3.8, 4) is 5.75 Å². The van der Waals surface area contributed by atoms with Gasteiger partial charge in [-0.3, -0.25) is 0 Å². The maximum atomic E-state index is 13.1. The molecule has 0 radical (unpaired) electrons. The van der Waals surface area contributed by atoms with Crippen LogP contribution in [0.3, 0.4) is 0 Å². The summed E-state index contributed by atoms with van der Waals surface area (Å²) in [7, 11) is -3.92. The number of esters is 1. The van der Waals surface area contributed by atoms with Crippen LogP contribution in [0.15, 0.2) is 56.6 Å². The molecule has 3 aromatic rings. The minimum absolute atomic E-state index is 0.0787. The van der Waals surface area contributed by atoms with E-state index in [9.17, 15) is 18.0 Å². The van der Waals surface area contributed by atoms with Crippen LogP contribution in [0.4, 0.5) is 0 Å². The van der Waals surface area contributed by atoms with Gasteiger partial charge in [-0.05, 0) is 62.1 Å². The molecule has 0 bridgehead atoms. The van der Waals surface area contributed by atoms with Crippen molar-refractivity contribution in [1.82, 2.24) is 4.72 Å². The molecular weight excluding hydrogens is 442 g/mol. The van der Waals surface area contributed by atoms with E-state index in [2.05, 4.69) is 4.72 Å². The Labute approximate surface area is 193 Å². The summed E-state index contributed by atoms with van der Waals surface area (Å²) in [6.07, 6.45) is 2.23. The molecule has 0 saturated heterocycles. The predicted octanol–water partition coefficient (Wildman–Crippen LogP) is 4.41. The summed E-state index contributed by atoms with van der Waals surface area (Å²) in [5, 5.41) is 0.548. The number of rotatable bonds is 9. The summed E-state index contributed by atoms with van der Waals surface area (Å²) >= 11 is 0. The molecule has 8 heteroatoms. The van der Waals surface area contributed by atoms with E-state index in [1.807, 2.05) is 20.8 Å². The average molecular weight is 472 g/mol. The lowest BCUT2D eigenvalue weighted by atomic mass is 10.0. The zero-order chi connectivity index (χ0) is 24.2. The van der Waals surface area contributed by atoms with E-state index in [0.29, 0.717) is 23.8 Å². The second kappa shape index (κ2) is 10.3. The first-order valence-electron chi connectivity index (χ1n) is 11.0. The number of carbonyl (C=O) groups is 1. The number of fused-ring (bicyclic) bond motifs is 1.